The average molecular weight is 287 g/mol. The van der Waals surface area contributed by atoms with Crippen LogP contribution in [-0.2, 0) is 20.2 Å². The molecule has 0 bridgehead atoms. The molecule has 0 atom stereocenters. The van der Waals surface area contributed by atoms with Gasteiger partial charge in [-0.1, -0.05) is 13.8 Å². The molecule has 0 aliphatic carbocycles. The zero-order valence-corrected chi connectivity index (χ0v) is 12.6. The van der Waals surface area contributed by atoms with Crippen molar-refractivity contribution in [1.82, 2.24) is 4.31 Å². The van der Waals surface area contributed by atoms with Crippen molar-refractivity contribution < 1.29 is 13.2 Å². The summed E-state index contributed by atoms with van der Waals surface area (Å²) in [6.45, 7) is 4.66. The molecule has 0 radical (unpaired) electrons. The molecule has 2 rings (SSSR count). The summed E-state index contributed by atoms with van der Waals surface area (Å²) in [5.74, 6) is 0.378. The van der Waals surface area contributed by atoms with Crippen molar-refractivity contribution in [2.75, 3.05) is 19.9 Å². The summed E-state index contributed by atoms with van der Waals surface area (Å²) in [5.41, 5.74) is 0.924. The number of fused-ring (bicyclic) bond motifs is 1. The highest BCUT2D eigenvalue weighted by atomic mass is 32.2. The van der Waals surface area contributed by atoms with Crippen molar-refractivity contribution in [1.29, 1.82) is 0 Å². The largest absolute Gasteiger partial charge is 0.477 e. The minimum Gasteiger partial charge on any atom is -0.477 e. The van der Waals surface area contributed by atoms with Crippen LogP contribution in [0.3, 0.4) is 0 Å². The Balaban J connectivity index is 2.46. The van der Waals surface area contributed by atoms with Gasteiger partial charge in [-0.15, -0.1) is 11.3 Å². The van der Waals surface area contributed by atoms with E-state index >= 15 is 0 Å². The Morgan fingerprint density at radius 2 is 2.11 bits per heavy atom. The van der Waals surface area contributed by atoms with Crippen LogP contribution < -0.4 is 0 Å². The Bertz CT molecular complexity index is 584. The summed E-state index contributed by atoms with van der Waals surface area (Å²) >= 11 is 1.67. The molecule has 100 valence electrons. The Labute approximate surface area is 112 Å². The number of rotatable bonds is 2. The number of hydrogen-bond donors (Lipinski definition) is 0. The monoisotopic (exact) mass is 287 g/mol. The van der Waals surface area contributed by atoms with Crippen LogP contribution in [0.15, 0.2) is 17.3 Å². The fraction of sp³-hybridized carbons (Fsp3) is 0.500. The second-order valence-electron chi connectivity index (χ2n) is 5.09. The molecule has 1 aromatic heterocycles. The van der Waals surface area contributed by atoms with Crippen molar-refractivity contribution in [3.63, 3.8) is 0 Å². The first-order chi connectivity index (χ1) is 8.22. The summed E-state index contributed by atoms with van der Waals surface area (Å²) < 4.78 is 30.0. The van der Waals surface area contributed by atoms with Gasteiger partial charge in [0.15, 0.2) is 0 Å². The standard InChI is InChI=1S/C12H17NO3S2/c1-12(2)8-16-10(13(3)18(4,14)15)7-9-5-6-17-11(9)12/h5-7H,8H2,1-4H3. The molecule has 1 aliphatic rings. The Kier molecular flexibility index (Phi) is 3.19. The van der Waals surface area contributed by atoms with Gasteiger partial charge in [0, 0.05) is 23.4 Å². The molecule has 0 saturated carbocycles. The number of sulfonamides is 1. The minimum absolute atomic E-state index is 0.111. The Morgan fingerprint density at radius 3 is 2.72 bits per heavy atom. The summed E-state index contributed by atoms with van der Waals surface area (Å²) in [4.78, 5) is 1.22. The fourth-order valence-electron chi connectivity index (χ4n) is 1.82. The van der Waals surface area contributed by atoms with Crippen LogP contribution in [0.4, 0.5) is 0 Å². The van der Waals surface area contributed by atoms with Crippen LogP contribution >= 0.6 is 11.3 Å². The zero-order chi connectivity index (χ0) is 13.6. The molecular formula is C12H17NO3S2. The molecule has 1 aromatic rings. The van der Waals surface area contributed by atoms with Crippen LogP contribution in [0, 0.1) is 0 Å². The van der Waals surface area contributed by atoms with Crippen LogP contribution in [0.5, 0.6) is 0 Å². The molecule has 0 spiro atoms. The van der Waals surface area contributed by atoms with E-state index in [1.165, 1.54) is 22.5 Å². The normalized spacial score (nSPS) is 18.3. The molecule has 0 N–H and O–H groups in total. The lowest BCUT2D eigenvalue weighted by atomic mass is 9.90. The highest BCUT2D eigenvalue weighted by molar-refractivity contribution is 7.88. The van der Waals surface area contributed by atoms with Crippen molar-refractivity contribution in [2.45, 2.75) is 19.3 Å². The van der Waals surface area contributed by atoms with Gasteiger partial charge < -0.3 is 4.74 Å². The predicted octanol–water partition coefficient (Wildman–Crippen LogP) is 2.25. The van der Waals surface area contributed by atoms with Crippen LogP contribution in [-0.4, -0.2) is 32.6 Å². The van der Waals surface area contributed by atoms with Gasteiger partial charge in [0.2, 0.25) is 15.9 Å². The van der Waals surface area contributed by atoms with E-state index < -0.39 is 10.0 Å². The highest BCUT2D eigenvalue weighted by Gasteiger charge is 2.30. The Morgan fingerprint density at radius 1 is 1.44 bits per heavy atom. The lowest BCUT2D eigenvalue weighted by molar-refractivity contribution is 0.129. The average Bonchev–Trinajstić information content (AvgIpc) is 2.66. The van der Waals surface area contributed by atoms with Gasteiger partial charge in [0.05, 0.1) is 12.9 Å². The van der Waals surface area contributed by atoms with E-state index in [-0.39, 0.29) is 5.41 Å². The van der Waals surface area contributed by atoms with Gasteiger partial charge in [-0.2, -0.15) is 0 Å². The van der Waals surface area contributed by atoms with E-state index in [1.807, 2.05) is 11.4 Å². The number of ether oxygens (including phenoxy) is 1. The minimum atomic E-state index is -3.30. The molecule has 2 heterocycles. The van der Waals surface area contributed by atoms with E-state index in [1.54, 1.807) is 17.4 Å². The smallest absolute Gasteiger partial charge is 0.234 e. The first kappa shape index (κ1) is 13.4. The molecule has 0 fully saturated rings. The molecular weight excluding hydrogens is 270 g/mol. The Hall–Kier alpha value is -1.01. The van der Waals surface area contributed by atoms with Gasteiger partial charge in [0.25, 0.3) is 0 Å². The maximum atomic E-state index is 11.6. The van der Waals surface area contributed by atoms with Crippen LogP contribution in [0.2, 0.25) is 0 Å². The number of nitrogens with zero attached hydrogens (tertiary/aromatic N) is 1. The topological polar surface area (TPSA) is 46.6 Å². The third-order valence-corrected chi connectivity index (χ3v) is 5.45. The van der Waals surface area contributed by atoms with Gasteiger partial charge in [-0.05, 0) is 17.0 Å². The molecule has 18 heavy (non-hydrogen) atoms. The van der Waals surface area contributed by atoms with E-state index in [4.69, 9.17) is 4.74 Å². The summed E-state index contributed by atoms with van der Waals surface area (Å²) in [5, 5.41) is 2.02. The van der Waals surface area contributed by atoms with E-state index in [9.17, 15) is 8.42 Å². The quantitative estimate of drug-likeness (QED) is 0.838. The molecule has 0 aromatic carbocycles. The maximum Gasteiger partial charge on any atom is 0.234 e. The van der Waals surface area contributed by atoms with Gasteiger partial charge >= 0.3 is 0 Å². The maximum absolute atomic E-state index is 11.6. The first-order valence-corrected chi connectivity index (χ1v) is 8.31. The van der Waals surface area contributed by atoms with Crippen molar-refractivity contribution in [3.8, 4) is 0 Å². The number of hydrogen-bond acceptors (Lipinski definition) is 4. The highest BCUT2D eigenvalue weighted by Crippen LogP contribution is 2.36. The summed E-state index contributed by atoms with van der Waals surface area (Å²) in [6, 6.07) is 1.99. The lowest BCUT2D eigenvalue weighted by Gasteiger charge is -2.25. The third kappa shape index (κ3) is 2.40. The summed E-state index contributed by atoms with van der Waals surface area (Å²) in [6.07, 6.45) is 2.96. The third-order valence-electron chi connectivity index (χ3n) is 2.98. The SMILES string of the molecule is CN(C1=Cc2ccsc2C(C)(C)CO1)S(C)(=O)=O. The zero-order valence-electron chi connectivity index (χ0n) is 10.9. The first-order valence-electron chi connectivity index (χ1n) is 5.58. The molecule has 6 heteroatoms. The van der Waals surface area contributed by atoms with Crippen molar-refractivity contribution >= 4 is 27.4 Å². The fourth-order valence-corrected chi connectivity index (χ4v) is 3.25. The molecule has 0 unspecified atom stereocenters. The summed E-state index contributed by atoms with van der Waals surface area (Å²) in [7, 11) is -1.79. The van der Waals surface area contributed by atoms with E-state index in [0.29, 0.717) is 12.5 Å². The van der Waals surface area contributed by atoms with E-state index in [0.717, 1.165) is 5.56 Å². The molecule has 4 nitrogen and oxygen atoms in total. The molecule has 0 amide bonds. The van der Waals surface area contributed by atoms with Crippen molar-refractivity contribution in [3.05, 3.63) is 27.8 Å². The second kappa shape index (κ2) is 4.28. The lowest BCUT2D eigenvalue weighted by Crippen LogP contribution is -2.28. The predicted molar refractivity (Wildman–Crippen MR) is 73.9 cm³/mol. The van der Waals surface area contributed by atoms with Crippen LogP contribution in [0.1, 0.15) is 24.3 Å². The molecule has 1 aliphatic heterocycles. The van der Waals surface area contributed by atoms with E-state index in [2.05, 4.69) is 13.8 Å². The second-order valence-corrected chi connectivity index (χ2v) is 8.02. The van der Waals surface area contributed by atoms with Gasteiger partial charge in [-0.3, -0.25) is 0 Å². The molecule has 0 saturated heterocycles. The van der Waals surface area contributed by atoms with Gasteiger partial charge in [-0.25, -0.2) is 12.7 Å². The number of thiophene rings is 1. The van der Waals surface area contributed by atoms with Gasteiger partial charge in [0.1, 0.15) is 0 Å². The van der Waals surface area contributed by atoms with Crippen molar-refractivity contribution in [2.24, 2.45) is 0 Å². The van der Waals surface area contributed by atoms with Crippen LogP contribution in [0.25, 0.3) is 6.08 Å².